The summed E-state index contributed by atoms with van der Waals surface area (Å²) in [5, 5.41) is 0. The van der Waals surface area contributed by atoms with Gasteiger partial charge in [0.25, 0.3) is 0 Å². The van der Waals surface area contributed by atoms with Crippen molar-refractivity contribution in [1.82, 2.24) is 9.88 Å². The highest BCUT2D eigenvalue weighted by Crippen LogP contribution is 2.16. The number of anilines is 1. The standard InChI is InChI=1S/C14H22N4O/c1-3-14(2,15)13(19)18-10-8-17(9-11-18)12-6-4-5-7-16-12/h4-7H,3,8-11,15H2,1-2H3. The van der Waals surface area contributed by atoms with Gasteiger partial charge in [0.15, 0.2) is 0 Å². The molecule has 2 heterocycles. The van der Waals surface area contributed by atoms with Gasteiger partial charge < -0.3 is 15.5 Å². The number of pyridine rings is 1. The minimum Gasteiger partial charge on any atom is -0.353 e. The number of nitrogens with zero attached hydrogens (tertiary/aromatic N) is 3. The van der Waals surface area contributed by atoms with E-state index in [2.05, 4.69) is 9.88 Å². The number of rotatable bonds is 3. The molecule has 1 atom stereocenters. The average Bonchev–Trinajstić information content (AvgIpc) is 2.47. The van der Waals surface area contributed by atoms with Crippen LogP contribution in [-0.2, 0) is 4.79 Å². The highest BCUT2D eigenvalue weighted by molar-refractivity contribution is 5.85. The fourth-order valence-corrected chi connectivity index (χ4v) is 2.19. The minimum atomic E-state index is -0.743. The first-order chi connectivity index (χ1) is 9.04. The van der Waals surface area contributed by atoms with Gasteiger partial charge in [-0.1, -0.05) is 13.0 Å². The zero-order chi connectivity index (χ0) is 13.9. The first-order valence-corrected chi connectivity index (χ1v) is 6.79. The Hall–Kier alpha value is -1.62. The fraction of sp³-hybridized carbons (Fsp3) is 0.571. The van der Waals surface area contributed by atoms with E-state index in [4.69, 9.17) is 5.73 Å². The molecule has 104 valence electrons. The van der Waals surface area contributed by atoms with Crippen LogP contribution in [0.25, 0.3) is 0 Å². The molecule has 0 saturated carbocycles. The Balaban J connectivity index is 1.95. The molecule has 2 N–H and O–H groups in total. The lowest BCUT2D eigenvalue weighted by Gasteiger charge is -2.38. The fourth-order valence-electron chi connectivity index (χ4n) is 2.19. The zero-order valence-electron chi connectivity index (χ0n) is 11.7. The van der Waals surface area contributed by atoms with Gasteiger partial charge in [0.05, 0.1) is 5.54 Å². The third kappa shape index (κ3) is 3.04. The van der Waals surface area contributed by atoms with Crippen LogP contribution in [0.15, 0.2) is 24.4 Å². The predicted octanol–water partition coefficient (Wildman–Crippen LogP) is 0.858. The summed E-state index contributed by atoms with van der Waals surface area (Å²) in [6.07, 6.45) is 2.45. The van der Waals surface area contributed by atoms with Gasteiger partial charge in [-0.3, -0.25) is 4.79 Å². The van der Waals surface area contributed by atoms with Crippen molar-refractivity contribution >= 4 is 11.7 Å². The summed E-state index contributed by atoms with van der Waals surface area (Å²) in [6, 6.07) is 5.88. The molecule has 0 bridgehead atoms. The summed E-state index contributed by atoms with van der Waals surface area (Å²) in [6.45, 7) is 6.79. The van der Waals surface area contributed by atoms with Crippen molar-refractivity contribution in [3.05, 3.63) is 24.4 Å². The van der Waals surface area contributed by atoms with E-state index in [0.29, 0.717) is 19.5 Å². The van der Waals surface area contributed by atoms with E-state index < -0.39 is 5.54 Å². The zero-order valence-corrected chi connectivity index (χ0v) is 11.7. The molecule has 2 rings (SSSR count). The predicted molar refractivity (Wildman–Crippen MR) is 75.9 cm³/mol. The molecule has 1 aromatic rings. The maximum Gasteiger partial charge on any atom is 0.242 e. The second kappa shape index (κ2) is 5.57. The number of carbonyl (C=O) groups excluding carboxylic acids is 1. The van der Waals surface area contributed by atoms with Crippen molar-refractivity contribution in [2.24, 2.45) is 5.73 Å². The van der Waals surface area contributed by atoms with Gasteiger partial charge in [0.1, 0.15) is 5.82 Å². The van der Waals surface area contributed by atoms with Crippen molar-refractivity contribution in [3.63, 3.8) is 0 Å². The minimum absolute atomic E-state index is 0.0515. The Morgan fingerprint density at radius 2 is 2.05 bits per heavy atom. The topological polar surface area (TPSA) is 62.5 Å². The first kappa shape index (κ1) is 13.8. The van der Waals surface area contributed by atoms with Crippen LogP contribution in [0.4, 0.5) is 5.82 Å². The van der Waals surface area contributed by atoms with Gasteiger partial charge in [0, 0.05) is 32.4 Å². The molecule has 1 saturated heterocycles. The average molecular weight is 262 g/mol. The molecule has 1 fully saturated rings. The Bertz CT molecular complexity index is 424. The molecule has 1 aliphatic heterocycles. The molecule has 19 heavy (non-hydrogen) atoms. The number of amides is 1. The summed E-state index contributed by atoms with van der Waals surface area (Å²) >= 11 is 0. The van der Waals surface area contributed by atoms with E-state index in [9.17, 15) is 4.79 Å². The van der Waals surface area contributed by atoms with Crippen molar-refractivity contribution in [2.75, 3.05) is 31.1 Å². The number of hydrogen-bond donors (Lipinski definition) is 1. The van der Waals surface area contributed by atoms with Gasteiger partial charge in [-0.25, -0.2) is 4.98 Å². The van der Waals surface area contributed by atoms with Gasteiger partial charge in [-0.2, -0.15) is 0 Å². The van der Waals surface area contributed by atoms with Crippen LogP contribution < -0.4 is 10.6 Å². The summed E-state index contributed by atoms with van der Waals surface area (Å²) in [5.41, 5.74) is 5.28. The second-order valence-corrected chi connectivity index (χ2v) is 5.24. The van der Waals surface area contributed by atoms with Crippen molar-refractivity contribution in [2.45, 2.75) is 25.8 Å². The number of piperazine rings is 1. The summed E-state index contributed by atoms with van der Waals surface area (Å²) in [4.78, 5) is 20.7. The molecule has 0 aromatic carbocycles. The Kier molecular flexibility index (Phi) is 4.04. The SMILES string of the molecule is CCC(C)(N)C(=O)N1CCN(c2ccccn2)CC1. The van der Waals surface area contributed by atoms with Crippen LogP contribution in [0.2, 0.25) is 0 Å². The van der Waals surface area contributed by atoms with E-state index in [1.54, 1.807) is 13.1 Å². The number of aromatic nitrogens is 1. The molecular weight excluding hydrogens is 240 g/mol. The number of nitrogens with two attached hydrogens (primary N) is 1. The van der Waals surface area contributed by atoms with Crippen LogP contribution in [0.5, 0.6) is 0 Å². The quantitative estimate of drug-likeness (QED) is 0.877. The summed E-state index contributed by atoms with van der Waals surface area (Å²) in [5.74, 6) is 1.02. The van der Waals surface area contributed by atoms with Gasteiger partial charge in [0.2, 0.25) is 5.91 Å². The Morgan fingerprint density at radius 3 is 2.58 bits per heavy atom. The lowest BCUT2D eigenvalue weighted by Crippen LogP contribution is -2.58. The lowest BCUT2D eigenvalue weighted by atomic mass is 9.98. The third-order valence-corrected chi connectivity index (χ3v) is 3.76. The molecule has 0 radical (unpaired) electrons. The Morgan fingerprint density at radius 1 is 1.37 bits per heavy atom. The maximum absolute atomic E-state index is 12.3. The molecule has 1 unspecified atom stereocenters. The number of hydrogen-bond acceptors (Lipinski definition) is 4. The van der Waals surface area contributed by atoms with Crippen LogP contribution >= 0.6 is 0 Å². The molecular formula is C14H22N4O. The van der Waals surface area contributed by atoms with E-state index in [1.165, 1.54) is 0 Å². The summed E-state index contributed by atoms with van der Waals surface area (Å²) < 4.78 is 0. The van der Waals surface area contributed by atoms with E-state index in [-0.39, 0.29) is 5.91 Å². The van der Waals surface area contributed by atoms with Gasteiger partial charge in [-0.05, 0) is 25.5 Å². The van der Waals surface area contributed by atoms with Crippen molar-refractivity contribution in [3.8, 4) is 0 Å². The van der Waals surface area contributed by atoms with Crippen LogP contribution in [0.3, 0.4) is 0 Å². The summed E-state index contributed by atoms with van der Waals surface area (Å²) in [7, 11) is 0. The van der Waals surface area contributed by atoms with Crippen molar-refractivity contribution < 1.29 is 4.79 Å². The van der Waals surface area contributed by atoms with Crippen molar-refractivity contribution in [1.29, 1.82) is 0 Å². The van der Waals surface area contributed by atoms with Crippen LogP contribution in [0.1, 0.15) is 20.3 Å². The maximum atomic E-state index is 12.3. The molecule has 5 nitrogen and oxygen atoms in total. The Labute approximate surface area is 114 Å². The molecule has 0 aliphatic carbocycles. The molecule has 1 amide bonds. The molecule has 1 aliphatic rings. The highest BCUT2D eigenvalue weighted by Gasteiger charge is 2.32. The van der Waals surface area contributed by atoms with E-state index in [1.807, 2.05) is 30.0 Å². The van der Waals surface area contributed by atoms with E-state index in [0.717, 1.165) is 18.9 Å². The molecule has 0 spiro atoms. The van der Waals surface area contributed by atoms with Gasteiger partial charge in [-0.15, -0.1) is 0 Å². The highest BCUT2D eigenvalue weighted by atomic mass is 16.2. The second-order valence-electron chi connectivity index (χ2n) is 5.24. The van der Waals surface area contributed by atoms with Crippen LogP contribution in [0, 0.1) is 0 Å². The first-order valence-electron chi connectivity index (χ1n) is 6.79. The third-order valence-electron chi connectivity index (χ3n) is 3.76. The lowest BCUT2D eigenvalue weighted by molar-refractivity contribution is -0.136. The number of carbonyl (C=O) groups is 1. The van der Waals surface area contributed by atoms with Crippen LogP contribution in [-0.4, -0.2) is 47.5 Å². The monoisotopic (exact) mass is 262 g/mol. The largest absolute Gasteiger partial charge is 0.353 e. The smallest absolute Gasteiger partial charge is 0.242 e. The normalized spacial score (nSPS) is 19.1. The van der Waals surface area contributed by atoms with E-state index >= 15 is 0 Å². The van der Waals surface area contributed by atoms with Gasteiger partial charge >= 0.3 is 0 Å². The molecule has 5 heteroatoms. The molecule has 1 aromatic heterocycles.